The van der Waals surface area contributed by atoms with Crippen molar-refractivity contribution < 1.29 is 19.2 Å². The fourth-order valence-electron chi connectivity index (χ4n) is 2.38. The van der Waals surface area contributed by atoms with E-state index in [1.165, 1.54) is 31.5 Å². The number of hydrazone groups is 1. The first-order valence-electron chi connectivity index (χ1n) is 7.85. The first-order valence-corrected chi connectivity index (χ1v) is 7.85. The number of rotatable bonds is 5. The molecule has 0 bridgehead atoms. The van der Waals surface area contributed by atoms with Crippen LogP contribution < -0.4 is 15.5 Å². The first-order chi connectivity index (χ1) is 12.8. The third kappa shape index (κ3) is 5.36. The molecule has 27 heavy (non-hydrogen) atoms. The molecule has 2 aromatic carbocycles. The van der Waals surface area contributed by atoms with Gasteiger partial charge in [-0.15, -0.1) is 0 Å². The quantitative estimate of drug-likeness (QED) is 0.362. The molecule has 0 atom stereocenters. The van der Waals surface area contributed by atoms with Crippen molar-refractivity contribution in [2.45, 2.75) is 13.8 Å². The lowest BCUT2D eigenvalue weighted by molar-refractivity contribution is -0.385. The summed E-state index contributed by atoms with van der Waals surface area (Å²) in [5, 5.41) is 17.1. The van der Waals surface area contributed by atoms with Crippen LogP contribution in [0.25, 0.3) is 0 Å². The van der Waals surface area contributed by atoms with Crippen LogP contribution in [-0.4, -0.2) is 30.1 Å². The summed E-state index contributed by atoms with van der Waals surface area (Å²) in [7, 11) is 1.32. The molecular weight excluding hydrogens is 352 g/mol. The highest BCUT2D eigenvalue weighted by Gasteiger charge is 2.15. The number of amides is 2. The average molecular weight is 370 g/mol. The highest BCUT2D eigenvalue weighted by Crippen LogP contribution is 2.26. The van der Waals surface area contributed by atoms with Crippen molar-refractivity contribution in [2.24, 2.45) is 5.10 Å². The molecule has 9 nitrogen and oxygen atoms in total. The van der Waals surface area contributed by atoms with E-state index in [-0.39, 0.29) is 11.4 Å². The van der Waals surface area contributed by atoms with Crippen LogP contribution in [0.1, 0.15) is 16.7 Å². The minimum absolute atomic E-state index is 0.106. The van der Waals surface area contributed by atoms with Crippen LogP contribution >= 0.6 is 0 Å². The van der Waals surface area contributed by atoms with Gasteiger partial charge in [-0.2, -0.15) is 5.10 Å². The van der Waals surface area contributed by atoms with Crippen LogP contribution in [0.5, 0.6) is 5.75 Å². The van der Waals surface area contributed by atoms with Gasteiger partial charge in [0.1, 0.15) is 0 Å². The number of ether oxygens (including phenoxy) is 1. The van der Waals surface area contributed by atoms with E-state index >= 15 is 0 Å². The van der Waals surface area contributed by atoms with Crippen LogP contribution in [0.4, 0.5) is 11.4 Å². The molecule has 140 valence electrons. The molecular formula is C18H18N4O5. The van der Waals surface area contributed by atoms with Gasteiger partial charge in [0.25, 0.3) is 0 Å². The van der Waals surface area contributed by atoms with Gasteiger partial charge in [-0.3, -0.25) is 19.7 Å². The second kappa shape index (κ2) is 8.56. The SMILES string of the molecule is COc1ccc(/C=N\NC(=O)C(=O)Nc2cc(C)cc(C)c2)cc1[N+](=O)[O-]. The smallest absolute Gasteiger partial charge is 0.329 e. The van der Waals surface area contributed by atoms with Gasteiger partial charge in [-0.1, -0.05) is 6.07 Å². The number of carbonyl (C=O) groups excluding carboxylic acids is 2. The fourth-order valence-corrected chi connectivity index (χ4v) is 2.38. The Labute approximate surface area is 155 Å². The van der Waals surface area contributed by atoms with Crippen LogP contribution in [0, 0.1) is 24.0 Å². The van der Waals surface area contributed by atoms with Crippen LogP contribution in [0.3, 0.4) is 0 Å². The molecule has 0 aliphatic rings. The lowest BCUT2D eigenvalue weighted by atomic mass is 10.1. The number of nitro groups is 1. The molecule has 2 N–H and O–H groups in total. The van der Waals surface area contributed by atoms with E-state index in [0.29, 0.717) is 11.3 Å². The van der Waals surface area contributed by atoms with E-state index in [1.54, 1.807) is 12.1 Å². The molecule has 0 radical (unpaired) electrons. The van der Waals surface area contributed by atoms with E-state index in [0.717, 1.165) is 11.1 Å². The topological polar surface area (TPSA) is 123 Å². The van der Waals surface area contributed by atoms with Gasteiger partial charge in [-0.25, -0.2) is 5.43 Å². The minimum atomic E-state index is -0.964. The summed E-state index contributed by atoms with van der Waals surface area (Å²) >= 11 is 0. The zero-order valence-electron chi connectivity index (χ0n) is 15.0. The van der Waals surface area contributed by atoms with Gasteiger partial charge in [-0.05, 0) is 49.2 Å². The van der Waals surface area contributed by atoms with Crippen LogP contribution in [0.2, 0.25) is 0 Å². The molecule has 2 aromatic rings. The number of benzene rings is 2. The summed E-state index contributed by atoms with van der Waals surface area (Å²) in [6.07, 6.45) is 1.19. The van der Waals surface area contributed by atoms with Crippen molar-refractivity contribution in [3.63, 3.8) is 0 Å². The predicted octanol–water partition coefficient (Wildman–Crippen LogP) is 2.31. The van der Waals surface area contributed by atoms with Crippen molar-refractivity contribution in [1.82, 2.24) is 5.43 Å². The molecule has 0 saturated carbocycles. The van der Waals surface area contributed by atoms with Crippen LogP contribution in [-0.2, 0) is 9.59 Å². The molecule has 0 saturated heterocycles. The molecule has 0 aliphatic carbocycles. The Kier molecular flexibility index (Phi) is 6.21. The Balaban J connectivity index is 2.01. The number of hydrogen-bond acceptors (Lipinski definition) is 6. The Morgan fingerprint density at radius 3 is 2.37 bits per heavy atom. The highest BCUT2D eigenvalue weighted by atomic mass is 16.6. The number of nitrogens with zero attached hydrogens (tertiary/aromatic N) is 2. The van der Waals surface area contributed by atoms with Crippen molar-refractivity contribution in [2.75, 3.05) is 12.4 Å². The van der Waals surface area contributed by atoms with Crippen molar-refractivity contribution >= 4 is 29.4 Å². The van der Waals surface area contributed by atoms with E-state index < -0.39 is 16.7 Å². The Hall–Kier alpha value is -3.75. The monoisotopic (exact) mass is 370 g/mol. The lowest BCUT2D eigenvalue weighted by Gasteiger charge is -2.06. The van der Waals surface area contributed by atoms with Gasteiger partial charge < -0.3 is 10.1 Å². The molecule has 0 aromatic heterocycles. The number of carbonyl (C=O) groups is 2. The van der Waals surface area contributed by atoms with Crippen molar-refractivity contribution in [1.29, 1.82) is 0 Å². The normalized spacial score (nSPS) is 10.5. The molecule has 9 heteroatoms. The second-order valence-electron chi connectivity index (χ2n) is 5.72. The van der Waals surface area contributed by atoms with Gasteiger partial charge in [0.05, 0.1) is 18.2 Å². The Bertz CT molecular complexity index is 904. The summed E-state index contributed by atoms with van der Waals surface area (Å²) < 4.78 is 4.90. The first kappa shape index (κ1) is 19.6. The third-order valence-corrected chi connectivity index (χ3v) is 3.47. The fraction of sp³-hybridized carbons (Fsp3) is 0.167. The largest absolute Gasteiger partial charge is 0.490 e. The maximum absolute atomic E-state index is 11.9. The summed E-state index contributed by atoms with van der Waals surface area (Å²) in [5.41, 5.74) is 4.60. The van der Waals surface area contributed by atoms with Crippen molar-refractivity contribution in [3.8, 4) is 5.75 Å². The Morgan fingerprint density at radius 2 is 1.78 bits per heavy atom. The summed E-state index contributed by atoms with van der Waals surface area (Å²) in [6, 6.07) is 9.58. The second-order valence-corrected chi connectivity index (χ2v) is 5.72. The van der Waals surface area contributed by atoms with Crippen LogP contribution in [0.15, 0.2) is 41.5 Å². The van der Waals surface area contributed by atoms with Gasteiger partial charge >= 0.3 is 17.5 Å². The number of hydrogen-bond donors (Lipinski definition) is 2. The molecule has 0 heterocycles. The average Bonchev–Trinajstić information content (AvgIpc) is 2.60. The van der Waals surface area contributed by atoms with Gasteiger partial charge in [0.15, 0.2) is 5.75 Å². The third-order valence-electron chi connectivity index (χ3n) is 3.47. The standard InChI is InChI=1S/C18H18N4O5/c1-11-6-12(2)8-14(7-11)20-17(23)18(24)21-19-10-13-4-5-16(27-3)15(9-13)22(25)26/h4-10H,1-3H3,(H,20,23)(H,21,24)/b19-10-. The molecule has 0 unspecified atom stereocenters. The molecule has 2 rings (SSSR count). The number of nitrogens with one attached hydrogen (secondary N) is 2. The van der Waals surface area contributed by atoms with Gasteiger partial charge in [0.2, 0.25) is 0 Å². The molecule has 0 aliphatic heterocycles. The summed E-state index contributed by atoms with van der Waals surface area (Å²) in [6.45, 7) is 3.75. The summed E-state index contributed by atoms with van der Waals surface area (Å²) in [5.74, 6) is -1.74. The van der Waals surface area contributed by atoms with E-state index in [2.05, 4.69) is 15.8 Å². The zero-order valence-corrected chi connectivity index (χ0v) is 15.0. The number of anilines is 1. The predicted molar refractivity (Wildman–Crippen MR) is 99.9 cm³/mol. The maximum atomic E-state index is 11.9. The minimum Gasteiger partial charge on any atom is -0.490 e. The highest BCUT2D eigenvalue weighted by molar-refractivity contribution is 6.39. The number of aryl methyl sites for hydroxylation is 2. The van der Waals surface area contributed by atoms with E-state index in [4.69, 9.17) is 4.74 Å². The molecule has 0 fully saturated rings. The van der Waals surface area contributed by atoms with E-state index in [1.807, 2.05) is 19.9 Å². The van der Waals surface area contributed by atoms with Crippen molar-refractivity contribution in [3.05, 3.63) is 63.2 Å². The number of nitro benzene ring substituents is 1. The molecule has 2 amide bonds. The maximum Gasteiger partial charge on any atom is 0.329 e. The lowest BCUT2D eigenvalue weighted by Crippen LogP contribution is -2.32. The Morgan fingerprint density at radius 1 is 1.11 bits per heavy atom. The number of methoxy groups -OCH3 is 1. The summed E-state index contributed by atoms with van der Waals surface area (Å²) in [4.78, 5) is 34.1. The van der Waals surface area contributed by atoms with E-state index in [9.17, 15) is 19.7 Å². The molecule has 0 spiro atoms. The van der Waals surface area contributed by atoms with Gasteiger partial charge in [0, 0.05) is 17.3 Å². The zero-order chi connectivity index (χ0) is 20.0.